The molecule has 20 heavy (non-hydrogen) atoms. The first kappa shape index (κ1) is 16.2. The Morgan fingerprint density at radius 1 is 1.05 bits per heavy atom. The zero-order valence-corrected chi connectivity index (χ0v) is 13.8. The molecular weight excluding hydrogens is 274 g/mol. The second-order valence-corrected chi connectivity index (χ2v) is 8.78. The summed E-state index contributed by atoms with van der Waals surface area (Å²) in [4.78, 5) is 0. The number of hydrogen-bond donors (Lipinski definition) is 1. The van der Waals surface area contributed by atoms with Crippen LogP contribution in [0.25, 0.3) is 0 Å². The molecule has 2 N–H and O–H groups in total. The van der Waals surface area contributed by atoms with Crippen LogP contribution in [0.2, 0.25) is 0 Å². The molecule has 0 aliphatic carbocycles. The maximum atomic E-state index is 12.9. The smallest absolute Gasteiger partial charge is 0.282 e. The number of piperidine rings is 2. The second-order valence-electron chi connectivity index (χ2n) is 6.90. The van der Waals surface area contributed by atoms with Crippen LogP contribution in [0.15, 0.2) is 0 Å². The zero-order chi connectivity index (χ0) is 14.9. The van der Waals surface area contributed by atoms with E-state index in [0.717, 1.165) is 19.3 Å². The van der Waals surface area contributed by atoms with Gasteiger partial charge in [-0.3, -0.25) is 0 Å². The van der Waals surface area contributed by atoms with E-state index < -0.39 is 10.2 Å². The Balaban J connectivity index is 2.16. The maximum Gasteiger partial charge on any atom is 0.282 e. The fourth-order valence-corrected chi connectivity index (χ4v) is 5.76. The Morgan fingerprint density at radius 2 is 1.65 bits per heavy atom. The van der Waals surface area contributed by atoms with Gasteiger partial charge in [-0.2, -0.15) is 17.0 Å². The molecule has 0 saturated carbocycles. The Morgan fingerprint density at radius 3 is 2.20 bits per heavy atom. The molecule has 0 spiro atoms. The maximum absolute atomic E-state index is 12.9. The summed E-state index contributed by atoms with van der Waals surface area (Å²) in [5.74, 6) is 1.44. The number of nitrogens with zero attached hydrogens (tertiary/aromatic N) is 2. The van der Waals surface area contributed by atoms with E-state index in [1.54, 1.807) is 8.61 Å². The molecule has 2 aliphatic rings. The molecule has 2 aliphatic heterocycles. The fraction of sp³-hybridized carbons (Fsp3) is 1.00. The van der Waals surface area contributed by atoms with Crippen LogP contribution in [-0.4, -0.2) is 49.2 Å². The van der Waals surface area contributed by atoms with Crippen LogP contribution >= 0.6 is 0 Å². The van der Waals surface area contributed by atoms with E-state index in [4.69, 9.17) is 5.73 Å². The first-order valence-corrected chi connectivity index (χ1v) is 9.21. The highest BCUT2D eigenvalue weighted by atomic mass is 32.2. The zero-order valence-electron chi connectivity index (χ0n) is 13.0. The van der Waals surface area contributed by atoms with Gasteiger partial charge in [-0.1, -0.05) is 20.8 Å². The Kier molecular flexibility index (Phi) is 5.10. The van der Waals surface area contributed by atoms with Crippen LogP contribution in [0.3, 0.4) is 0 Å². The lowest BCUT2D eigenvalue weighted by Crippen LogP contribution is -2.56. The summed E-state index contributed by atoms with van der Waals surface area (Å²) < 4.78 is 29.2. The van der Waals surface area contributed by atoms with Crippen LogP contribution < -0.4 is 5.73 Å². The average Bonchev–Trinajstić information content (AvgIpc) is 2.37. The standard InChI is InChI=1S/C14H29N3O2S/c1-11-4-5-17(14(7-11)8-15)20(18,19)16-9-12(2)6-13(3)10-16/h11-14H,4-10,15H2,1-3H3. The van der Waals surface area contributed by atoms with E-state index >= 15 is 0 Å². The van der Waals surface area contributed by atoms with E-state index in [9.17, 15) is 8.42 Å². The summed E-state index contributed by atoms with van der Waals surface area (Å²) in [6.07, 6.45) is 2.94. The van der Waals surface area contributed by atoms with Gasteiger partial charge in [0.05, 0.1) is 0 Å². The van der Waals surface area contributed by atoms with Crippen molar-refractivity contribution in [3.05, 3.63) is 0 Å². The van der Waals surface area contributed by atoms with E-state index in [2.05, 4.69) is 20.8 Å². The van der Waals surface area contributed by atoms with E-state index in [-0.39, 0.29) is 6.04 Å². The first-order valence-electron chi connectivity index (χ1n) is 7.81. The SMILES string of the molecule is CC1CCN(S(=O)(=O)N2CC(C)CC(C)C2)C(CN)C1. The van der Waals surface area contributed by atoms with E-state index in [1.807, 2.05) is 0 Å². The lowest BCUT2D eigenvalue weighted by Gasteiger charge is -2.42. The molecule has 2 heterocycles. The van der Waals surface area contributed by atoms with Crippen molar-refractivity contribution in [1.82, 2.24) is 8.61 Å². The van der Waals surface area contributed by atoms with Crippen LogP contribution in [0.1, 0.15) is 40.0 Å². The number of rotatable bonds is 3. The molecule has 0 aromatic heterocycles. The quantitative estimate of drug-likeness (QED) is 0.854. The van der Waals surface area contributed by atoms with Gasteiger partial charge in [0, 0.05) is 32.2 Å². The summed E-state index contributed by atoms with van der Waals surface area (Å²) in [5.41, 5.74) is 5.81. The van der Waals surface area contributed by atoms with Crippen LogP contribution in [-0.2, 0) is 10.2 Å². The van der Waals surface area contributed by atoms with Gasteiger partial charge in [0.2, 0.25) is 0 Å². The molecule has 6 heteroatoms. The van der Waals surface area contributed by atoms with Crippen molar-refractivity contribution in [3.8, 4) is 0 Å². The highest BCUT2D eigenvalue weighted by molar-refractivity contribution is 7.86. The van der Waals surface area contributed by atoms with Gasteiger partial charge in [0.1, 0.15) is 0 Å². The minimum Gasteiger partial charge on any atom is -0.329 e. The number of hydrogen-bond acceptors (Lipinski definition) is 3. The molecular formula is C14H29N3O2S. The largest absolute Gasteiger partial charge is 0.329 e. The van der Waals surface area contributed by atoms with E-state index in [1.165, 1.54) is 0 Å². The predicted octanol–water partition coefficient (Wildman–Crippen LogP) is 1.27. The summed E-state index contributed by atoms with van der Waals surface area (Å²) in [6, 6.07) is -0.0312. The van der Waals surface area contributed by atoms with Gasteiger partial charge in [0.25, 0.3) is 10.2 Å². The molecule has 4 unspecified atom stereocenters. The van der Waals surface area contributed by atoms with Crippen molar-refractivity contribution in [2.75, 3.05) is 26.2 Å². The molecule has 2 rings (SSSR count). The van der Waals surface area contributed by atoms with Crippen molar-refractivity contribution in [2.24, 2.45) is 23.5 Å². The molecule has 4 atom stereocenters. The highest BCUT2D eigenvalue weighted by Crippen LogP contribution is 2.29. The molecule has 0 bridgehead atoms. The molecule has 5 nitrogen and oxygen atoms in total. The third-order valence-corrected chi connectivity index (χ3v) is 6.68. The van der Waals surface area contributed by atoms with Crippen molar-refractivity contribution in [3.63, 3.8) is 0 Å². The average molecular weight is 303 g/mol. The highest BCUT2D eigenvalue weighted by Gasteiger charge is 2.39. The van der Waals surface area contributed by atoms with Crippen LogP contribution in [0.4, 0.5) is 0 Å². The topological polar surface area (TPSA) is 66.6 Å². The summed E-state index contributed by atoms with van der Waals surface area (Å²) >= 11 is 0. The Labute approximate surface area is 123 Å². The summed E-state index contributed by atoms with van der Waals surface area (Å²) in [5, 5.41) is 0. The van der Waals surface area contributed by atoms with Crippen molar-refractivity contribution < 1.29 is 8.42 Å². The fourth-order valence-electron chi connectivity index (χ4n) is 3.69. The van der Waals surface area contributed by atoms with Crippen LogP contribution in [0, 0.1) is 17.8 Å². The van der Waals surface area contributed by atoms with Crippen molar-refractivity contribution in [1.29, 1.82) is 0 Å². The summed E-state index contributed by atoms with van der Waals surface area (Å²) in [6.45, 7) is 8.78. The molecule has 0 aromatic carbocycles. The Hall–Kier alpha value is -0.170. The molecule has 0 radical (unpaired) electrons. The second kappa shape index (κ2) is 6.30. The molecule has 118 valence electrons. The predicted molar refractivity (Wildman–Crippen MR) is 81.4 cm³/mol. The van der Waals surface area contributed by atoms with Gasteiger partial charge < -0.3 is 5.73 Å². The lowest BCUT2D eigenvalue weighted by molar-refractivity contribution is 0.171. The minimum absolute atomic E-state index is 0.0312. The molecule has 2 saturated heterocycles. The third kappa shape index (κ3) is 3.35. The molecule has 2 fully saturated rings. The van der Waals surface area contributed by atoms with Gasteiger partial charge in [0.15, 0.2) is 0 Å². The minimum atomic E-state index is -3.35. The van der Waals surface area contributed by atoms with Gasteiger partial charge in [-0.25, -0.2) is 0 Å². The molecule has 0 aromatic rings. The summed E-state index contributed by atoms with van der Waals surface area (Å²) in [7, 11) is -3.35. The van der Waals surface area contributed by atoms with Crippen LogP contribution in [0.5, 0.6) is 0 Å². The molecule has 0 amide bonds. The first-order chi connectivity index (χ1) is 9.34. The Bertz CT molecular complexity index is 416. The van der Waals surface area contributed by atoms with E-state index in [0.29, 0.717) is 43.9 Å². The monoisotopic (exact) mass is 303 g/mol. The van der Waals surface area contributed by atoms with Gasteiger partial charge in [-0.05, 0) is 37.0 Å². The van der Waals surface area contributed by atoms with Gasteiger partial charge in [-0.15, -0.1) is 0 Å². The van der Waals surface area contributed by atoms with Crippen molar-refractivity contribution >= 4 is 10.2 Å². The van der Waals surface area contributed by atoms with Crippen molar-refractivity contribution in [2.45, 2.75) is 46.1 Å². The normalized spacial score (nSPS) is 38.0. The number of nitrogens with two attached hydrogens (primary N) is 1. The van der Waals surface area contributed by atoms with Gasteiger partial charge >= 0.3 is 0 Å². The lowest BCUT2D eigenvalue weighted by atomic mass is 9.94. The third-order valence-electron chi connectivity index (χ3n) is 4.65.